The van der Waals surface area contributed by atoms with Gasteiger partial charge in [0.25, 0.3) is 0 Å². The third kappa shape index (κ3) is 3.09. The third-order valence-corrected chi connectivity index (χ3v) is 2.87. The Morgan fingerprint density at radius 2 is 1.84 bits per heavy atom. The van der Waals surface area contributed by atoms with Crippen molar-refractivity contribution in [2.75, 3.05) is 0 Å². The number of hydrogen-bond donors (Lipinski definition) is 1. The van der Waals surface area contributed by atoms with Crippen LogP contribution in [0.25, 0.3) is 0 Å². The van der Waals surface area contributed by atoms with Crippen LogP contribution in [0.1, 0.15) is 24.9 Å². The quantitative estimate of drug-likeness (QED) is 0.898. The summed E-state index contributed by atoms with van der Waals surface area (Å²) in [5.41, 5.74) is 6.74. The van der Waals surface area contributed by atoms with Crippen molar-refractivity contribution in [3.63, 3.8) is 0 Å². The Balaban J connectivity index is 2.35. The molecule has 0 aliphatic carbocycles. The minimum Gasteiger partial charge on any atom is -0.454 e. The number of ether oxygens (including phenoxy) is 1. The molecule has 19 heavy (non-hydrogen) atoms. The summed E-state index contributed by atoms with van der Waals surface area (Å²) in [4.78, 5) is 0. The molecular formula is C15H15F2NO. The van der Waals surface area contributed by atoms with Gasteiger partial charge in [-0.25, -0.2) is 8.78 Å². The second kappa shape index (κ2) is 5.80. The molecule has 2 aromatic rings. The summed E-state index contributed by atoms with van der Waals surface area (Å²) in [6.07, 6.45) is 0.728. The zero-order valence-electron chi connectivity index (χ0n) is 10.6. The molecule has 1 unspecified atom stereocenters. The van der Waals surface area contributed by atoms with Gasteiger partial charge < -0.3 is 10.5 Å². The summed E-state index contributed by atoms with van der Waals surface area (Å²) in [6.45, 7) is 1.95. The van der Waals surface area contributed by atoms with E-state index in [1.54, 1.807) is 12.1 Å². The molecule has 0 aromatic heterocycles. The van der Waals surface area contributed by atoms with Crippen LogP contribution in [0.4, 0.5) is 8.78 Å². The Labute approximate surface area is 110 Å². The van der Waals surface area contributed by atoms with E-state index < -0.39 is 11.6 Å². The van der Waals surface area contributed by atoms with Crippen molar-refractivity contribution in [2.45, 2.75) is 19.4 Å². The average molecular weight is 263 g/mol. The molecule has 0 fully saturated rings. The van der Waals surface area contributed by atoms with Crippen LogP contribution in [0.3, 0.4) is 0 Å². The first-order chi connectivity index (χ1) is 9.11. The summed E-state index contributed by atoms with van der Waals surface area (Å²) in [7, 11) is 0. The van der Waals surface area contributed by atoms with Gasteiger partial charge in [-0.2, -0.15) is 0 Å². The van der Waals surface area contributed by atoms with Crippen molar-refractivity contribution >= 4 is 0 Å². The summed E-state index contributed by atoms with van der Waals surface area (Å²) in [5, 5.41) is 0. The standard InChI is InChI=1S/C15H15F2NO/c1-2-13(18)11-5-3-4-6-14(11)19-15-9-10(16)7-8-12(15)17/h3-9,13H,2,18H2,1H3. The van der Waals surface area contributed by atoms with Crippen LogP contribution in [0, 0.1) is 11.6 Å². The second-order valence-electron chi connectivity index (χ2n) is 4.23. The average Bonchev–Trinajstić information content (AvgIpc) is 2.42. The van der Waals surface area contributed by atoms with Crippen LogP contribution in [0.5, 0.6) is 11.5 Å². The molecule has 0 aliphatic rings. The fourth-order valence-electron chi connectivity index (χ4n) is 1.77. The van der Waals surface area contributed by atoms with Gasteiger partial charge in [-0.1, -0.05) is 25.1 Å². The van der Waals surface area contributed by atoms with Crippen LogP contribution in [-0.2, 0) is 0 Å². The zero-order valence-corrected chi connectivity index (χ0v) is 10.6. The van der Waals surface area contributed by atoms with Crippen molar-refractivity contribution in [1.82, 2.24) is 0 Å². The highest BCUT2D eigenvalue weighted by Gasteiger charge is 2.13. The number of rotatable bonds is 4. The molecule has 0 amide bonds. The minimum atomic E-state index is -0.610. The van der Waals surface area contributed by atoms with Gasteiger partial charge in [-0.3, -0.25) is 0 Å². The lowest BCUT2D eigenvalue weighted by Gasteiger charge is -2.15. The van der Waals surface area contributed by atoms with Crippen molar-refractivity contribution < 1.29 is 13.5 Å². The van der Waals surface area contributed by atoms with Gasteiger partial charge in [0.2, 0.25) is 0 Å². The predicted octanol–water partition coefficient (Wildman–Crippen LogP) is 4.17. The van der Waals surface area contributed by atoms with E-state index in [9.17, 15) is 8.78 Å². The Hall–Kier alpha value is -1.94. The first-order valence-corrected chi connectivity index (χ1v) is 6.09. The molecule has 0 spiro atoms. The fourth-order valence-corrected chi connectivity index (χ4v) is 1.77. The molecule has 1 atom stereocenters. The molecule has 0 bridgehead atoms. The number of para-hydroxylation sites is 1. The summed E-state index contributed by atoms with van der Waals surface area (Å²) in [5.74, 6) is -0.855. The molecule has 0 aliphatic heterocycles. The molecule has 100 valence electrons. The molecule has 0 saturated carbocycles. The fraction of sp³-hybridized carbons (Fsp3) is 0.200. The first-order valence-electron chi connectivity index (χ1n) is 6.09. The van der Waals surface area contributed by atoms with E-state index in [1.165, 1.54) is 0 Å². The monoisotopic (exact) mass is 263 g/mol. The summed E-state index contributed by atoms with van der Waals surface area (Å²) in [6, 6.07) is 10.0. The van der Waals surface area contributed by atoms with Gasteiger partial charge in [0.15, 0.2) is 11.6 Å². The largest absolute Gasteiger partial charge is 0.454 e. The van der Waals surface area contributed by atoms with Gasteiger partial charge in [0, 0.05) is 17.7 Å². The van der Waals surface area contributed by atoms with E-state index in [4.69, 9.17) is 10.5 Å². The Morgan fingerprint density at radius 1 is 1.11 bits per heavy atom. The smallest absolute Gasteiger partial charge is 0.165 e. The normalized spacial score (nSPS) is 12.2. The molecule has 2 N–H and O–H groups in total. The molecule has 2 aromatic carbocycles. The molecule has 2 rings (SSSR count). The lowest BCUT2D eigenvalue weighted by atomic mass is 10.0. The maximum atomic E-state index is 13.5. The van der Waals surface area contributed by atoms with Crippen LogP contribution >= 0.6 is 0 Å². The Kier molecular flexibility index (Phi) is 4.12. The molecule has 0 radical (unpaired) electrons. The molecule has 2 nitrogen and oxygen atoms in total. The Morgan fingerprint density at radius 3 is 2.58 bits per heavy atom. The van der Waals surface area contributed by atoms with Crippen molar-refractivity contribution in [1.29, 1.82) is 0 Å². The number of halogens is 2. The van der Waals surface area contributed by atoms with Gasteiger partial charge in [-0.15, -0.1) is 0 Å². The van der Waals surface area contributed by atoms with E-state index in [2.05, 4.69) is 0 Å². The van der Waals surface area contributed by atoms with E-state index >= 15 is 0 Å². The number of nitrogens with two attached hydrogens (primary N) is 1. The van der Waals surface area contributed by atoms with Crippen LogP contribution in [0.15, 0.2) is 42.5 Å². The van der Waals surface area contributed by atoms with Crippen LogP contribution in [0.2, 0.25) is 0 Å². The highest BCUT2D eigenvalue weighted by molar-refractivity contribution is 5.40. The van der Waals surface area contributed by atoms with Crippen LogP contribution < -0.4 is 10.5 Å². The molecular weight excluding hydrogens is 248 g/mol. The first kappa shape index (κ1) is 13.5. The van der Waals surface area contributed by atoms with Gasteiger partial charge in [-0.05, 0) is 24.6 Å². The van der Waals surface area contributed by atoms with Crippen molar-refractivity contribution in [2.24, 2.45) is 5.73 Å². The number of benzene rings is 2. The summed E-state index contributed by atoms with van der Waals surface area (Å²) >= 11 is 0. The lowest BCUT2D eigenvalue weighted by Crippen LogP contribution is -2.09. The number of hydrogen-bond acceptors (Lipinski definition) is 2. The van der Waals surface area contributed by atoms with E-state index in [0.717, 1.165) is 30.2 Å². The third-order valence-electron chi connectivity index (χ3n) is 2.87. The SMILES string of the molecule is CCC(N)c1ccccc1Oc1cc(F)ccc1F. The van der Waals surface area contributed by atoms with Gasteiger partial charge >= 0.3 is 0 Å². The maximum Gasteiger partial charge on any atom is 0.165 e. The predicted molar refractivity (Wildman–Crippen MR) is 70.1 cm³/mol. The second-order valence-corrected chi connectivity index (χ2v) is 4.23. The Bertz CT molecular complexity index is 572. The topological polar surface area (TPSA) is 35.2 Å². The highest BCUT2D eigenvalue weighted by atomic mass is 19.1. The van der Waals surface area contributed by atoms with Crippen molar-refractivity contribution in [3.8, 4) is 11.5 Å². The van der Waals surface area contributed by atoms with Crippen LogP contribution in [-0.4, -0.2) is 0 Å². The maximum absolute atomic E-state index is 13.5. The van der Waals surface area contributed by atoms with Gasteiger partial charge in [0.1, 0.15) is 11.6 Å². The molecule has 0 saturated heterocycles. The lowest BCUT2D eigenvalue weighted by molar-refractivity contribution is 0.428. The van der Waals surface area contributed by atoms with E-state index in [-0.39, 0.29) is 11.8 Å². The van der Waals surface area contributed by atoms with E-state index in [0.29, 0.717) is 5.75 Å². The summed E-state index contributed by atoms with van der Waals surface area (Å²) < 4.78 is 32.1. The van der Waals surface area contributed by atoms with E-state index in [1.807, 2.05) is 19.1 Å². The minimum absolute atomic E-state index is 0.143. The molecule has 0 heterocycles. The zero-order chi connectivity index (χ0) is 13.8. The van der Waals surface area contributed by atoms with Gasteiger partial charge in [0.05, 0.1) is 0 Å². The molecule has 4 heteroatoms. The van der Waals surface area contributed by atoms with Crippen molar-refractivity contribution in [3.05, 3.63) is 59.7 Å². The highest BCUT2D eigenvalue weighted by Crippen LogP contribution is 2.31.